The van der Waals surface area contributed by atoms with Gasteiger partial charge in [-0.15, -0.1) is 0 Å². The third kappa shape index (κ3) is 4.32. The quantitative estimate of drug-likeness (QED) is 0.772. The maximum atomic E-state index is 9.66. The first-order valence-electron chi connectivity index (χ1n) is 6.13. The summed E-state index contributed by atoms with van der Waals surface area (Å²) in [5.74, 6) is 1.10. The Morgan fingerprint density at radius 1 is 0.895 bits per heavy atom. The normalized spacial score (nSPS) is 10.0. The van der Waals surface area contributed by atoms with Crippen LogP contribution in [0.2, 0.25) is 0 Å². The smallest absolute Gasteiger partial charge is 0.501 e. The van der Waals surface area contributed by atoms with E-state index in [4.69, 9.17) is 15.0 Å². The van der Waals surface area contributed by atoms with E-state index in [2.05, 4.69) is 0 Å². The summed E-state index contributed by atoms with van der Waals surface area (Å²) in [5, 5.41) is 9.66. The van der Waals surface area contributed by atoms with Crippen LogP contribution in [0.1, 0.15) is 5.56 Å². The van der Waals surface area contributed by atoms with Crippen molar-refractivity contribution in [1.29, 1.82) is 0 Å². The Morgan fingerprint density at radius 2 is 1.47 bits per heavy atom. The first-order valence-corrected chi connectivity index (χ1v) is 6.13. The van der Waals surface area contributed by atoms with Crippen LogP contribution in [0.5, 0.6) is 11.5 Å². The van der Waals surface area contributed by atoms with Crippen LogP contribution in [-0.4, -0.2) is 18.9 Å². The molecule has 0 bridgehead atoms. The zero-order valence-corrected chi connectivity index (χ0v) is 10.5. The second-order valence-corrected chi connectivity index (χ2v) is 4.04. The summed E-state index contributed by atoms with van der Waals surface area (Å²) in [6.45, 7) is 0.611. The first kappa shape index (κ1) is 13.5. The lowest BCUT2D eigenvalue weighted by Crippen LogP contribution is -2.29. The van der Waals surface area contributed by atoms with E-state index in [0.29, 0.717) is 18.0 Å². The van der Waals surface area contributed by atoms with Gasteiger partial charge in [-0.1, -0.05) is 30.3 Å². The summed E-state index contributed by atoms with van der Waals surface area (Å²) in [5.41, 5.74) is 6.61. The molecule has 0 fully saturated rings. The van der Waals surface area contributed by atoms with Gasteiger partial charge in [0.1, 0.15) is 11.5 Å². The Morgan fingerprint density at radius 3 is 2.05 bits per heavy atom. The lowest BCUT2D eigenvalue weighted by atomic mass is 10.1. The summed E-state index contributed by atoms with van der Waals surface area (Å²) in [6, 6.07) is 16.4. The molecule has 2 aromatic carbocycles. The predicted molar refractivity (Wildman–Crippen MR) is 74.9 cm³/mol. The number of rotatable bonds is 6. The molecule has 2 aromatic rings. The van der Waals surface area contributed by atoms with Crippen LogP contribution >= 0.6 is 0 Å². The van der Waals surface area contributed by atoms with Gasteiger partial charge < -0.3 is 20.1 Å². The Balaban J connectivity index is 1.89. The summed E-state index contributed by atoms with van der Waals surface area (Å²) in [4.78, 5) is 0. The van der Waals surface area contributed by atoms with E-state index >= 15 is 0 Å². The molecule has 0 atom stereocenters. The first-order chi connectivity index (χ1) is 9.28. The molecule has 0 saturated carbocycles. The van der Waals surface area contributed by atoms with Crippen molar-refractivity contribution in [1.82, 2.24) is 0 Å². The van der Waals surface area contributed by atoms with Crippen molar-refractivity contribution < 1.29 is 14.3 Å². The molecular formula is C14H16BNO3. The van der Waals surface area contributed by atoms with Crippen molar-refractivity contribution >= 4 is 7.32 Å². The van der Waals surface area contributed by atoms with Crippen LogP contribution in [0.3, 0.4) is 0 Å². The lowest BCUT2D eigenvalue weighted by molar-refractivity contribution is 0.298. The molecule has 0 aliphatic rings. The standard InChI is InChI=1S/C14H16BNO3/c16-11-10-12-6-8-14(9-7-12)19-15(17)18-13-4-2-1-3-5-13/h1-9,17H,10-11,16H2. The third-order valence-electron chi connectivity index (χ3n) is 2.57. The Kier molecular flexibility index (Phi) is 4.83. The average Bonchev–Trinajstić information content (AvgIpc) is 2.42. The lowest BCUT2D eigenvalue weighted by Gasteiger charge is -2.11. The van der Waals surface area contributed by atoms with Crippen molar-refractivity contribution in [3.63, 3.8) is 0 Å². The molecule has 98 valence electrons. The van der Waals surface area contributed by atoms with E-state index in [1.165, 1.54) is 0 Å². The van der Waals surface area contributed by atoms with Gasteiger partial charge >= 0.3 is 7.32 Å². The van der Waals surface area contributed by atoms with E-state index in [-0.39, 0.29) is 0 Å². The second-order valence-electron chi connectivity index (χ2n) is 4.04. The van der Waals surface area contributed by atoms with Gasteiger partial charge in [-0.3, -0.25) is 0 Å². The Bertz CT molecular complexity index is 490. The number of nitrogens with two attached hydrogens (primary N) is 1. The van der Waals surface area contributed by atoms with Crippen molar-refractivity contribution in [3.05, 3.63) is 60.2 Å². The monoisotopic (exact) mass is 257 g/mol. The molecule has 2 rings (SSSR count). The molecule has 0 aromatic heterocycles. The molecule has 19 heavy (non-hydrogen) atoms. The van der Waals surface area contributed by atoms with Gasteiger partial charge in [0.2, 0.25) is 0 Å². The van der Waals surface area contributed by atoms with E-state index in [1.807, 2.05) is 30.3 Å². The summed E-state index contributed by atoms with van der Waals surface area (Å²) < 4.78 is 10.5. The highest BCUT2D eigenvalue weighted by atomic mass is 16.7. The van der Waals surface area contributed by atoms with Gasteiger partial charge in [0.05, 0.1) is 0 Å². The third-order valence-corrected chi connectivity index (χ3v) is 2.57. The molecule has 0 heterocycles. The number of para-hydroxylation sites is 1. The fourth-order valence-electron chi connectivity index (χ4n) is 1.66. The van der Waals surface area contributed by atoms with Crippen molar-refractivity contribution in [2.75, 3.05) is 6.54 Å². The minimum Gasteiger partial charge on any atom is -0.501 e. The van der Waals surface area contributed by atoms with Gasteiger partial charge in [0, 0.05) is 0 Å². The zero-order valence-electron chi connectivity index (χ0n) is 10.5. The topological polar surface area (TPSA) is 64.7 Å². The minimum absolute atomic E-state index is 0.546. The van der Waals surface area contributed by atoms with Gasteiger partial charge in [-0.25, -0.2) is 0 Å². The number of hydrogen-bond acceptors (Lipinski definition) is 4. The molecule has 0 aliphatic carbocycles. The number of benzene rings is 2. The highest BCUT2D eigenvalue weighted by Crippen LogP contribution is 2.15. The molecule has 0 saturated heterocycles. The van der Waals surface area contributed by atoms with Crippen LogP contribution in [-0.2, 0) is 6.42 Å². The van der Waals surface area contributed by atoms with Crippen LogP contribution in [0.25, 0.3) is 0 Å². The largest absolute Gasteiger partial charge is 0.785 e. The van der Waals surface area contributed by atoms with Gasteiger partial charge in [-0.2, -0.15) is 0 Å². The van der Waals surface area contributed by atoms with E-state index in [9.17, 15) is 5.02 Å². The van der Waals surface area contributed by atoms with Crippen LogP contribution < -0.4 is 15.0 Å². The molecule has 0 radical (unpaired) electrons. The van der Waals surface area contributed by atoms with Crippen molar-refractivity contribution in [2.45, 2.75) is 6.42 Å². The molecule has 3 N–H and O–H groups in total. The molecule has 0 amide bonds. The molecule has 5 heteroatoms. The predicted octanol–water partition coefficient (Wildman–Crippen LogP) is 1.62. The summed E-state index contributed by atoms with van der Waals surface area (Å²) in [6.07, 6.45) is 0.823. The fourth-order valence-corrected chi connectivity index (χ4v) is 1.66. The zero-order chi connectivity index (χ0) is 13.5. The molecule has 0 unspecified atom stereocenters. The van der Waals surface area contributed by atoms with Crippen LogP contribution in [0.15, 0.2) is 54.6 Å². The van der Waals surface area contributed by atoms with Gasteiger partial charge in [0.15, 0.2) is 0 Å². The Labute approximate surface area is 113 Å². The maximum Gasteiger partial charge on any atom is 0.785 e. The van der Waals surface area contributed by atoms with Gasteiger partial charge in [0.25, 0.3) is 0 Å². The summed E-state index contributed by atoms with van der Waals surface area (Å²) in [7, 11) is -1.33. The Hall–Kier alpha value is -1.98. The molecule has 0 aliphatic heterocycles. The van der Waals surface area contributed by atoms with Crippen LogP contribution in [0.4, 0.5) is 0 Å². The summed E-state index contributed by atoms with van der Waals surface area (Å²) >= 11 is 0. The fraction of sp³-hybridized carbons (Fsp3) is 0.143. The second kappa shape index (κ2) is 6.82. The van der Waals surface area contributed by atoms with Gasteiger partial charge in [-0.05, 0) is 42.8 Å². The van der Waals surface area contributed by atoms with E-state index in [0.717, 1.165) is 12.0 Å². The number of hydrogen-bond donors (Lipinski definition) is 2. The van der Waals surface area contributed by atoms with E-state index in [1.54, 1.807) is 24.3 Å². The highest BCUT2D eigenvalue weighted by molar-refractivity contribution is 6.36. The minimum atomic E-state index is -1.33. The van der Waals surface area contributed by atoms with Crippen molar-refractivity contribution in [2.24, 2.45) is 5.73 Å². The van der Waals surface area contributed by atoms with Crippen LogP contribution in [0, 0.1) is 0 Å². The maximum absolute atomic E-state index is 9.66. The van der Waals surface area contributed by atoms with Crippen molar-refractivity contribution in [3.8, 4) is 11.5 Å². The molecular weight excluding hydrogens is 241 g/mol. The average molecular weight is 257 g/mol. The molecule has 4 nitrogen and oxygen atoms in total. The highest BCUT2D eigenvalue weighted by Gasteiger charge is 2.20. The SMILES string of the molecule is NCCc1ccc(OB(O)Oc2ccccc2)cc1. The van der Waals surface area contributed by atoms with E-state index < -0.39 is 7.32 Å². The molecule has 0 spiro atoms.